The van der Waals surface area contributed by atoms with Crippen LogP contribution in [0.2, 0.25) is 0 Å². The van der Waals surface area contributed by atoms with Gasteiger partial charge in [0.2, 0.25) is 0 Å². The Morgan fingerprint density at radius 1 is 1.21 bits per heavy atom. The molecule has 0 atom stereocenters. The highest BCUT2D eigenvalue weighted by atomic mass is 19.1. The SMILES string of the molecule is F/C(=C\C=C\c1ccccc1)C1CC1. The minimum atomic E-state index is 0.0252. The van der Waals surface area contributed by atoms with Gasteiger partial charge in [-0.25, -0.2) is 4.39 Å². The van der Waals surface area contributed by atoms with Crippen LogP contribution < -0.4 is 0 Å². The van der Waals surface area contributed by atoms with Crippen molar-refractivity contribution in [2.24, 2.45) is 5.92 Å². The quantitative estimate of drug-likeness (QED) is 0.630. The lowest BCUT2D eigenvalue weighted by molar-refractivity contribution is 0.579. The maximum Gasteiger partial charge on any atom is 0.103 e. The van der Waals surface area contributed by atoms with Crippen LogP contribution >= 0.6 is 0 Å². The van der Waals surface area contributed by atoms with E-state index in [1.54, 1.807) is 12.2 Å². The molecule has 0 amide bonds. The average molecular weight is 188 g/mol. The number of halogens is 1. The van der Waals surface area contributed by atoms with E-state index in [0.717, 1.165) is 18.4 Å². The Morgan fingerprint density at radius 3 is 2.57 bits per heavy atom. The topological polar surface area (TPSA) is 0 Å². The number of allylic oxidation sites excluding steroid dienone is 3. The molecule has 1 aliphatic carbocycles. The van der Waals surface area contributed by atoms with E-state index in [9.17, 15) is 4.39 Å². The maximum absolute atomic E-state index is 13.1. The summed E-state index contributed by atoms with van der Waals surface area (Å²) in [4.78, 5) is 0. The van der Waals surface area contributed by atoms with Crippen molar-refractivity contribution in [2.45, 2.75) is 12.8 Å². The molecular formula is C13H13F. The summed E-state index contributed by atoms with van der Waals surface area (Å²) >= 11 is 0. The van der Waals surface area contributed by atoms with Crippen LogP contribution in [0.5, 0.6) is 0 Å². The van der Waals surface area contributed by atoms with Crippen molar-refractivity contribution in [3.05, 3.63) is 53.9 Å². The molecule has 0 nitrogen and oxygen atoms in total. The summed E-state index contributed by atoms with van der Waals surface area (Å²) in [5.41, 5.74) is 1.10. The zero-order chi connectivity index (χ0) is 9.80. The molecule has 0 radical (unpaired) electrons. The first kappa shape index (κ1) is 9.20. The third-order valence-electron chi connectivity index (χ3n) is 2.31. The lowest BCUT2D eigenvalue weighted by Gasteiger charge is -1.90. The number of hydrogen-bond acceptors (Lipinski definition) is 0. The minimum Gasteiger partial charge on any atom is -0.212 e. The van der Waals surface area contributed by atoms with Crippen LogP contribution in [0.15, 0.2) is 48.3 Å². The number of rotatable bonds is 3. The minimum absolute atomic E-state index is 0.0252. The standard InChI is InChI=1S/C13H13F/c14-13(12-9-10-12)8-4-7-11-5-2-1-3-6-11/h1-8,12H,9-10H2/b7-4+,13-8-. The van der Waals surface area contributed by atoms with Crippen molar-refractivity contribution in [1.29, 1.82) is 0 Å². The molecule has 2 rings (SSSR count). The third kappa shape index (κ3) is 2.56. The van der Waals surface area contributed by atoms with Crippen LogP contribution in [-0.4, -0.2) is 0 Å². The highest BCUT2D eigenvalue weighted by Crippen LogP contribution is 2.36. The van der Waals surface area contributed by atoms with Gasteiger partial charge < -0.3 is 0 Å². The predicted octanol–water partition coefficient (Wildman–Crippen LogP) is 3.96. The highest BCUT2D eigenvalue weighted by Gasteiger charge is 2.25. The summed E-state index contributed by atoms with van der Waals surface area (Å²) in [5.74, 6) is 0.243. The summed E-state index contributed by atoms with van der Waals surface area (Å²) < 4.78 is 13.1. The fourth-order valence-corrected chi connectivity index (χ4v) is 1.31. The predicted molar refractivity (Wildman–Crippen MR) is 57.4 cm³/mol. The van der Waals surface area contributed by atoms with E-state index >= 15 is 0 Å². The molecule has 0 spiro atoms. The second-order valence-electron chi connectivity index (χ2n) is 3.60. The van der Waals surface area contributed by atoms with Gasteiger partial charge in [0, 0.05) is 5.92 Å². The van der Waals surface area contributed by atoms with E-state index in [2.05, 4.69) is 0 Å². The molecule has 14 heavy (non-hydrogen) atoms. The molecule has 1 saturated carbocycles. The van der Waals surface area contributed by atoms with Gasteiger partial charge in [0.05, 0.1) is 0 Å². The van der Waals surface area contributed by atoms with Gasteiger partial charge in [-0.05, 0) is 24.5 Å². The Labute approximate surface area is 83.8 Å². The van der Waals surface area contributed by atoms with Crippen LogP contribution in [0.25, 0.3) is 6.08 Å². The molecule has 1 fully saturated rings. The normalized spacial score (nSPS) is 17.6. The van der Waals surface area contributed by atoms with Crippen LogP contribution in [0.4, 0.5) is 4.39 Å². The summed E-state index contributed by atoms with van der Waals surface area (Å²) in [7, 11) is 0. The van der Waals surface area contributed by atoms with Gasteiger partial charge in [0.1, 0.15) is 5.83 Å². The number of benzene rings is 1. The van der Waals surface area contributed by atoms with E-state index in [1.807, 2.05) is 36.4 Å². The van der Waals surface area contributed by atoms with E-state index in [4.69, 9.17) is 0 Å². The van der Waals surface area contributed by atoms with Crippen molar-refractivity contribution >= 4 is 6.08 Å². The van der Waals surface area contributed by atoms with Crippen molar-refractivity contribution < 1.29 is 4.39 Å². The smallest absolute Gasteiger partial charge is 0.103 e. The summed E-state index contributed by atoms with van der Waals surface area (Å²) in [6, 6.07) is 9.91. The van der Waals surface area contributed by atoms with Gasteiger partial charge >= 0.3 is 0 Å². The molecule has 0 aromatic heterocycles. The summed E-state index contributed by atoms with van der Waals surface area (Å²) in [6.07, 6.45) is 7.30. The Hall–Kier alpha value is -1.37. The molecule has 0 bridgehead atoms. The van der Waals surface area contributed by atoms with Crippen LogP contribution in [0.3, 0.4) is 0 Å². The van der Waals surface area contributed by atoms with Crippen molar-refractivity contribution in [3.8, 4) is 0 Å². The van der Waals surface area contributed by atoms with Gasteiger partial charge in [-0.15, -0.1) is 0 Å². The Morgan fingerprint density at radius 2 is 1.93 bits per heavy atom. The largest absolute Gasteiger partial charge is 0.212 e. The van der Waals surface area contributed by atoms with Gasteiger partial charge in [0.15, 0.2) is 0 Å². The van der Waals surface area contributed by atoms with E-state index < -0.39 is 0 Å². The van der Waals surface area contributed by atoms with Gasteiger partial charge in [-0.3, -0.25) is 0 Å². The Kier molecular flexibility index (Phi) is 2.78. The molecule has 0 saturated heterocycles. The molecule has 1 heteroatoms. The molecule has 0 aliphatic heterocycles. The van der Waals surface area contributed by atoms with Gasteiger partial charge in [0.25, 0.3) is 0 Å². The lowest BCUT2D eigenvalue weighted by atomic mass is 10.2. The fourth-order valence-electron chi connectivity index (χ4n) is 1.31. The molecular weight excluding hydrogens is 175 g/mol. The van der Waals surface area contributed by atoms with E-state index in [0.29, 0.717) is 0 Å². The molecule has 0 unspecified atom stereocenters. The molecule has 0 heterocycles. The Bertz CT molecular complexity index is 345. The maximum atomic E-state index is 13.1. The second kappa shape index (κ2) is 4.23. The zero-order valence-electron chi connectivity index (χ0n) is 7.99. The number of hydrogen-bond donors (Lipinski definition) is 0. The third-order valence-corrected chi connectivity index (χ3v) is 2.31. The first-order valence-electron chi connectivity index (χ1n) is 4.95. The molecule has 1 aromatic carbocycles. The zero-order valence-corrected chi connectivity index (χ0v) is 7.99. The van der Waals surface area contributed by atoms with Crippen molar-refractivity contribution in [3.63, 3.8) is 0 Å². The average Bonchev–Trinajstić information content (AvgIpc) is 3.02. The fraction of sp³-hybridized carbons (Fsp3) is 0.231. The Balaban J connectivity index is 1.97. The molecule has 72 valence electrons. The van der Waals surface area contributed by atoms with Crippen LogP contribution in [0, 0.1) is 5.92 Å². The van der Waals surface area contributed by atoms with Crippen molar-refractivity contribution in [2.75, 3.05) is 0 Å². The van der Waals surface area contributed by atoms with Crippen LogP contribution in [0.1, 0.15) is 18.4 Å². The highest BCUT2D eigenvalue weighted by molar-refractivity contribution is 5.50. The van der Waals surface area contributed by atoms with Gasteiger partial charge in [-0.2, -0.15) is 0 Å². The van der Waals surface area contributed by atoms with Crippen LogP contribution in [-0.2, 0) is 0 Å². The summed E-state index contributed by atoms with van der Waals surface area (Å²) in [5, 5.41) is 0. The monoisotopic (exact) mass is 188 g/mol. The van der Waals surface area contributed by atoms with Gasteiger partial charge in [-0.1, -0.05) is 42.5 Å². The van der Waals surface area contributed by atoms with Crippen molar-refractivity contribution in [1.82, 2.24) is 0 Å². The summed E-state index contributed by atoms with van der Waals surface area (Å²) in [6.45, 7) is 0. The molecule has 1 aliphatic rings. The second-order valence-corrected chi connectivity index (χ2v) is 3.60. The lowest BCUT2D eigenvalue weighted by Crippen LogP contribution is -1.73. The first-order chi connectivity index (χ1) is 6.86. The first-order valence-corrected chi connectivity index (χ1v) is 4.95. The molecule has 1 aromatic rings. The van der Waals surface area contributed by atoms with E-state index in [-0.39, 0.29) is 11.7 Å². The molecule has 0 N–H and O–H groups in total. The van der Waals surface area contributed by atoms with E-state index in [1.165, 1.54) is 0 Å².